The van der Waals surface area contributed by atoms with Gasteiger partial charge in [0.25, 0.3) is 5.56 Å². The molecule has 0 spiro atoms. The lowest BCUT2D eigenvalue weighted by Crippen LogP contribution is -2.22. The monoisotopic (exact) mass is 404 g/mol. The molecule has 1 saturated carbocycles. The Bertz CT molecular complexity index is 1370. The van der Waals surface area contributed by atoms with Gasteiger partial charge in [-0.1, -0.05) is 23.4 Å². The topological polar surface area (TPSA) is 91.6 Å². The molecule has 4 aromatic rings. The Morgan fingerprint density at radius 3 is 2.77 bits per heavy atom. The fourth-order valence-corrected chi connectivity index (χ4v) is 4.48. The number of aryl methyl sites for hydroxylation is 1. The van der Waals surface area contributed by atoms with Crippen molar-refractivity contribution in [2.75, 3.05) is 0 Å². The van der Waals surface area contributed by atoms with E-state index in [0.29, 0.717) is 34.7 Å². The molecule has 9 heteroatoms. The van der Waals surface area contributed by atoms with Crippen LogP contribution in [0.4, 0.5) is 4.39 Å². The van der Waals surface area contributed by atoms with Crippen molar-refractivity contribution in [1.29, 1.82) is 0 Å². The minimum absolute atomic E-state index is 0.165. The van der Waals surface area contributed by atoms with Gasteiger partial charge in [0.1, 0.15) is 18.7 Å². The van der Waals surface area contributed by atoms with Gasteiger partial charge in [-0.15, -0.1) is 0 Å². The maximum atomic E-state index is 13.1. The van der Waals surface area contributed by atoms with Crippen LogP contribution in [0.2, 0.25) is 0 Å². The highest BCUT2D eigenvalue weighted by Crippen LogP contribution is 2.62. The van der Waals surface area contributed by atoms with Crippen molar-refractivity contribution in [3.8, 4) is 0 Å². The van der Waals surface area contributed by atoms with Gasteiger partial charge in [-0.3, -0.25) is 9.36 Å². The summed E-state index contributed by atoms with van der Waals surface area (Å²) in [7, 11) is 1.76. The number of benzene rings is 1. The van der Waals surface area contributed by atoms with Crippen LogP contribution >= 0.6 is 0 Å². The molecule has 2 aliphatic rings. The van der Waals surface area contributed by atoms with Crippen LogP contribution in [-0.4, -0.2) is 29.2 Å². The van der Waals surface area contributed by atoms with E-state index >= 15 is 0 Å². The van der Waals surface area contributed by atoms with E-state index in [-0.39, 0.29) is 23.8 Å². The second-order valence-electron chi connectivity index (χ2n) is 7.92. The van der Waals surface area contributed by atoms with E-state index in [4.69, 9.17) is 4.52 Å². The normalized spacial score (nSPS) is 22.3. The third-order valence-electron chi connectivity index (χ3n) is 6.08. The van der Waals surface area contributed by atoms with E-state index in [9.17, 15) is 9.18 Å². The second kappa shape index (κ2) is 6.19. The molecule has 1 aromatic carbocycles. The summed E-state index contributed by atoms with van der Waals surface area (Å²) in [4.78, 5) is 25.5. The van der Waals surface area contributed by atoms with Gasteiger partial charge in [0.05, 0.1) is 6.33 Å². The molecule has 3 atom stereocenters. The molecule has 2 aliphatic carbocycles. The van der Waals surface area contributed by atoms with Crippen molar-refractivity contribution in [1.82, 2.24) is 29.2 Å². The first-order valence-corrected chi connectivity index (χ1v) is 9.74. The number of aromatic nitrogens is 6. The van der Waals surface area contributed by atoms with Crippen LogP contribution in [0.1, 0.15) is 29.6 Å². The van der Waals surface area contributed by atoms with Crippen LogP contribution in [0.3, 0.4) is 0 Å². The summed E-state index contributed by atoms with van der Waals surface area (Å²) in [5.41, 5.74) is 2.96. The Morgan fingerprint density at radius 1 is 1.20 bits per heavy atom. The highest BCUT2D eigenvalue weighted by molar-refractivity contribution is 5.71. The molecule has 3 heterocycles. The maximum absolute atomic E-state index is 13.1. The Hall–Kier alpha value is -3.62. The van der Waals surface area contributed by atoms with Crippen molar-refractivity contribution < 1.29 is 8.91 Å². The molecule has 30 heavy (non-hydrogen) atoms. The maximum Gasteiger partial charge on any atom is 0.280 e. The molecule has 0 aliphatic heterocycles. The molecule has 1 fully saturated rings. The van der Waals surface area contributed by atoms with Gasteiger partial charge in [-0.25, -0.2) is 14.4 Å². The minimum atomic E-state index is -0.225. The van der Waals surface area contributed by atoms with Crippen LogP contribution < -0.4 is 5.56 Å². The summed E-state index contributed by atoms with van der Waals surface area (Å²) in [6.45, 7) is 0.165. The Kier molecular flexibility index (Phi) is 3.56. The lowest BCUT2D eigenvalue weighted by atomic mass is 10.0. The predicted molar refractivity (Wildman–Crippen MR) is 105 cm³/mol. The predicted octanol–water partition coefficient (Wildman–Crippen LogP) is 2.52. The van der Waals surface area contributed by atoms with Crippen LogP contribution in [0.5, 0.6) is 0 Å². The number of halogens is 1. The fraction of sp³-hybridized carbons (Fsp3) is 0.286. The van der Waals surface area contributed by atoms with Gasteiger partial charge in [0.15, 0.2) is 17.0 Å². The highest BCUT2D eigenvalue weighted by atomic mass is 19.1. The number of nitrogens with zero attached hydrogens (tertiary/aromatic N) is 6. The van der Waals surface area contributed by atoms with Crippen LogP contribution in [0, 0.1) is 17.7 Å². The van der Waals surface area contributed by atoms with E-state index in [2.05, 4.69) is 26.2 Å². The molecular weight excluding hydrogens is 387 g/mol. The third-order valence-corrected chi connectivity index (χ3v) is 6.08. The zero-order valence-electron chi connectivity index (χ0n) is 16.1. The summed E-state index contributed by atoms with van der Waals surface area (Å²) < 4.78 is 21.6. The van der Waals surface area contributed by atoms with Gasteiger partial charge in [-0.05, 0) is 41.5 Å². The first-order valence-electron chi connectivity index (χ1n) is 9.74. The molecule has 0 bridgehead atoms. The largest absolute Gasteiger partial charge is 0.337 e. The summed E-state index contributed by atoms with van der Waals surface area (Å²) in [5.74, 6) is 1.90. The molecule has 150 valence electrons. The second-order valence-corrected chi connectivity index (χ2v) is 7.92. The molecule has 0 N–H and O–H groups in total. The van der Waals surface area contributed by atoms with Crippen molar-refractivity contribution >= 4 is 16.7 Å². The van der Waals surface area contributed by atoms with Crippen molar-refractivity contribution in [3.63, 3.8) is 0 Å². The average molecular weight is 404 g/mol. The smallest absolute Gasteiger partial charge is 0.280 e. The number of rotatable bonds is 4. The van der Waals surface area contributed by atoms with E-state index < -0.39 is 0 Å². The van der Waals surface area contributed by atoms with E-state index in [1.54, 1.807) is 17.9 Å². The molecule has 0 amide bonds. The number of hydrogen-bond donors (Lipinski definition) is 0. The lowest BCUT2D eigenvalue weighted by Gasteiger charge is -2.05. The highest BCUT2D eigenvalue weighted by Gasteiger charge is 2.55. The van der Waals surface area contributed by atoms with Crippen LogP contribution in [0.15, 0.2) is 52.3 Å². The van der Waals surface area contributed by atoms with Crippen molar-refractivity contribution in [2.24, 2.45) is 18.9 Å². The number of fused-ring (bicyclic) bond motifs is 2. The number of hydrogen-bond acceptors (Lipinski definition) is 6. The van der Waals surface area contributed by atoms with E-state index in [1.807, 2.05) is 12.1 Å². The van der Waals surface area contributed by atoms with Gasteiger partial charge < -0.3 is 9.09 Å². The molecule has 0 saturated heterocycles. The van der Waals surface area contributed by atoms with Gasteiger partial charge >= 0.3 is 0 Å². The Labute approximate surface area is 169 Å². The molecule has 0 unspecified atom stereocenters. The Morgan fingerprint density at radius 2 is 2.00 bits per heavy atom. The zero-order valence-corrected chi connectivity index (χ0v) is 16.1. The number of allylic oxidation sites excluding steroid dienone is 2. The molecule has 8 nitrogen and oxygen atoms in total. The van der Waals surface area contributed by atoms with Crippen LogP contribution in [-0.2, 0) is 13.6 Å². The summed E-state index contributed by atoms with van der Waals surface area (Å²) >= 11 is 0. The first kappa shape index (κ1) is 17.3. The van der Waals surface area contributed by atoms with Gasteiger partial charge in [0, 0.05) is 13.0 Å². The summed E-state index contributed by atoms with van der Waals surface area (Å²) in [6, 6.07) is 6.61. The molecular formula is C21H17FN6O2. The molecule has 6 rings (SSSR count). The van der Waals surface area contributed by atoms with Crippen molar-refractivity contribution in [2.45, 2.75) is 18.9 Å². The quantitative estimate of drug-likeness (QED) is 0.519. The van der Waals surface area contributed by atoms with Gasteiger partial charge in [0.2, 0.25) is 5.89 Å². The van der Waals surface area contributed by atoms with E-state index in [0.717, 1.165) is 12.0 Å². The fourth-order valence-electron chi connectivity index (χ4n) is 4.48. The third kappa shape index (κ3) is 2.62. The SMILES string of the molecule is Cn1cnc2ncn(Cc3nc([C@@H]4[C@H]5C=C(c6ccc(F)cc6)C[C@H]54)no3)c(=O)c21. The van der Waals surface area contributed by atoms with Gasteiger partial charge in [-0.2, -0.15) is 4.98 Å². The van der Waals surface area contributed by atoms with E-state index in [1.165, 1.54) is 28.6 Å². The summed E-state index contributed by atoms with van der Waals surface area (Å²) in [5, 5.41) is 4.15. The average Bonchev–Trinajstić information content (AvgIpc) is 3.16. The van der Waals surface area contributed by atoms with Crippen LogP contribution in [0.25, 0.3) is 16.7 Å². The zero-order chi connectivity index (χ0) is 20.4. The van der Waals surface area contributed by atoms with Crippen molar-refractivity contribution in [3.05, 3.63) is 76.4 Å². The minimum Gasteiger partial charge on any atom is -0.337 e. The lowest BCUT2D eigenvalue weighted by molar-refractivity contribution is 0.364. The summed E-state index contributed by atoms with van der Waals surface area (Å²) in [6.07, 6.45) is 6.17. The molecule has 3 aromatic heterocycles. The Balaban J connectivity index is 1.20. The standard InChI is InChI=1S/C21H17FN6O2/c1-27-9-23-20-18(27)21(29)28(10-24-20)8-16-25-19(26-30-16)17-14-6-12(7-15(14)17)11-2-4-13(22)5-3-11/h2-6,9-10,14-15,17H,7-8H2,1H3/t14-,15+,17+/m0/s1. The first-order chi connectivity index (χ1) is 14.6. The number of imidazole rings is 1. The molecule has 0 radical (unpaired) electrons.